The van der Waals surface area contributed by atoms with E-state index < -0.39 is 0 Å². The molecule has 0 atom stereocenters. The van der Waals surface area contributed by atoms with Gasteiger partial charge in [-0.3, -0.25) is 4.79 Å². The summed E-state index contributed by atoms with van der Waals surface area (Å²) in [7, 11) is 0. The van der Waals surface area contributed by atoms with Crippen LogP contribution < -0.4 is 5.73 Å². The van der Waals surface area contributed by atoms with Crippen molar-refractivity contribution >= 4 is 16.8 Å². The monoisotopic (exact) mass is 188 g/mol. The van der Waals surface area contributed by atoms with Crippen molar-refractivity contribution in [2.45, 2.75) is 13.5 Å². The quantitative estimate of drug-likeness (QED) is 0.761. The molecule has 3 heteroatoms. The van der Waals surface area contributed by atoms with Crippen LogP contribution in [-0.4, -0.2) is 10.5 Å². The first kappa shape index (κ1) is 8.81. The molecule has 1 amide bonds. The first-order valence-corrected chi connectivity index (χ1v) is 4.51. The van der Waals surface area contributed by atoms with Gasteiger partial charge in [0.05, 0.1) is 0 Å². The normalized spacial score (nSPS) is 10.6. The Labute approximate surface area is 82.1 Å². The summed E-state index contributed by atoms with van der Waals surface area (Å²) in [5, 5.41) is 1.17. The summed E-state index contributed by atoms with van der Waals surface area (Å²) in [5.41, 5.74) is 7.43. The molecule has 2 aromatic rings. The number of carbonyl (C=O) groups is 1. The van der Waals surface area contributed by atoms with Gasteiger partial charge in [-0.2, -0.15) is 0 Å². The van der Waals surface area contributed by atoms with Gasteiger partial charge in [0.25, 0.3) is 0 Å². The van der Waals surface area contributed by atoms with Gasteiger partial charge in [-0.05, 0) is 24.6 Å². The van der Waals surface area contributed by atoms with E-state index >= 15 is 0 Å². The Morgan fingerprint density at radius 1 is 1.43 bits per heavy atom. The fourth-order valence-electron chi connectivity index (χ4n) is 1.68. The number of aromatic nitrogens is 1. The highest BCUT2D eigenvalue weighted by Crippen LogP contribution is 2.19. The summed E-state index contributed by atoms with van der Waals surface area (Å²) in [6.07, 6.45) is 1.89. The number of nitrogens with zero attached hydrogens (tertiary/aromatic N) is 1. The first-order valence-electron chi connectivity index (χ1n) is 4.51. The Hall–Kier alpha value is -1.77. The summed E-state index contributed by atoms with van der Waals surface area (Å²) in [6.45, 7) is 2.30. The Kier molecular flexibility index (Phi) is 2.00. The Balaban J connectivity index is 2.58. The Bertz CT molecular complexity index is 485. The lowest BCUT2D eigenvalue weighted by molar-refractivity contribution is -0.118. The predicted octanol–water partition coefficient (Wildman–Crippen LogP) is 1.44. The van der Waals surface area contributed by atoms with Crippen LogP contribution in [0.25, 0.3) is 10.9 Å². The van der Waals surface area contributed by atoms with Gasteiger partial charge in [0.1, 0.15) is 6.54 Å². The third kappa shape index (κ3) is 1.37. The molecule has 2 rings (SSSR count). The lowest BCUT2D eigenvalue weighted by Crippen LogP contribution is -2.17. The number of hydrogen-bond donors (Lipinski definition) is 1. The van der Waals surface area contributed by atoms with E-state index in [1.165, 1.54) is 10.9 Å². The number of amides is 1. The SMILES string of the molecule is Cc1cccc2c1ccn2CC(N)=O. The molecule has 1 aromatic carbocycles. The average molecular weight is 188 g/mol. The molecular weight excluding hydrogens is 176 g/mol. The number of primary amides is 1. The summed E-state index contributed by atoms with van der Waals surface area (Å²) >= 11 is 0. The number of benzene rings is 1. The molecule has 0 aliphatic heterocycles. The zero-order valence-corrected chi connectivity index (χ0v) is 8.03. The molecule has 0 fully saturated rings. The molecule has 2 N–H and O–H groups in total. The molecular formula is C11H12N2O. The summed E-state index contributed by atoms with van der Waals surface area (Å²) in [4.78, 5) is 10.8. The predicted molar refractivity (Wildman–Crippen MR) is 55.9 cm³/mol. The molecule has 1 aromatic heterocycles. The van der Waals surface area contributed by atoms with Crippen LogP contribution in [0.15, 0.2) is 30.5 Å². The summed E-state index contributed by atoms with van der Waals surface area (Å²) in [5.74, 6) is -0.316. The van der Waals surface area contributed by atoms with E-state index in [-0.39, 0.29) is 12.5 Å². The topological polar surface area (TPSA) is 48.0 Å². The minimum absolute atomic E-state index is 0.243. The third-order valence-corrected chi connectivity index (χ3v) is 2.36. The third-order valence-electron chi connectivity index (χ3n) is 2.36. The van der Waals surface area contributed by atoms with E-state index in [4.69, 9.17) is 5.73 Å². The molecule has 14 heavy (non-hydrogen) atoms. The van der Waals surface area contributed by atoms with Crippen LogP contribution in [-0.2, 0) is 11.3 Å². The van der Waals surface area contributed by atoms with E-state index in [0.717, 1.165) is 5.52 Å². The van der Waals surface area contributed by atoms with Crippen molar-refractivity contribution < 1.29 is 4.79 Å². The molecule has 72 valence electrons. The van der Waals surface area contributed by atoms with E-state index in [0.29, 0.717) is 0 Å². The second kappa shape index (κ2) is 3.18. The van der Waals surface area contributed by atoms with Gasteiger partial charge in [0, 0.05) is 17.1 Å². The van der Waals surface area contributed by atoms with Gasteiger partial charge < -0.3 is 10.3 Å². The van der Waals surface area contributed by atoms with Crippen LogP contribution in [0.4, 0.5) is 0 Å². The Morgan fingerprint density at radius 2 is 2.21 bits per heavy atom. The zero-order valence-electron chi connectivity index (χ0n) is 8.03. The minimum atomic E-state index is -0.316. The highest BCUT2D eigenvalue weighted by atomic mass is 16.1. The molecule has 0 aliphatic carbocycles. The molecule has 3 nitrogen and oxygen atoms in total. The van der Waals surface area contributed by atoms with Gasteiger partial charge in [-0.25, -0.2) is 0 Å². The number of nitrogens with two attached hydrogens (primary N) is 1. The van der Waals surface area contributed by atoms with Crippen molar-refractivity contribution in [2.75, 3.05) is 0 Å². The lowest BCUT2D eigenvalue weighted by atomic mass is 10.1. The number of carbonyl (C=O) groups excluding carboxylic acids is 1. The van der Waals surface area contributed by atoms with Crippen molar-refractivity contribution in [2.24, 2.45) is 5.73 Å². The van der Waals surface area contributed by atoms with E-state index in [1.54, 1.807) is 0 Å². The number of fused-ring (bicyclic) bond motifs is 1. The smallest absolute Gasteiger partial charge is 0.237 e. The molecule has 0 unspecified atom stereocenters. The molecule has 0 radical (unpaired) electrons. The molecule has 0 saturated carbocycles. The van der Waals surface area contributed by atoms with Crippen LogP contribution >= 0.6 is 0 Å². The lowest BCUT2D eigenvalue weighted by Gasteiger charge is -2.02. The highest BCUT2D eigenvalue weighted by Gasteiger charge is 2.03. The number of rotatable bonds is 2. The van der Waals surface area contributed by atoms with Gasteiger partial charge in [-0.1, -0.05) is 12.1 Å². The zero-order chi connectivity index (χ0) is 10.1. The van der Waals surface area contributed by atoms with E-state index in [1.807, 2.05) is 29.0 Å². The van der Waals surface area contributed by atoms with Crippen molar-refractivity contribution in [3.05, 3.63) is 36.0 Å². The Morgan fingerprint density at radius 3 is 2.93 bits per heavy atom. The van der Waals surface area contributed by atoms with Gasteiger partial charge in [0.2, 0.25) is 5.91 Å². The fourth-order valence-corrected chi connectivity index (χ4v) is 1.68. The van der Waals surface area contributed by atoms with Gasteiger partial charge in [0.15, 0.2) is 0 Å². The highest BCUT2D eigenvalue weighted by molar-refractivity contribution is 5.85. The first-order chi connectivity index (χ1) is 6.68. The largest absolute Gasteiger partial charge is 0.368 e. The van der Waals surface area contributed by atoms with Crippen LogP contribution in [0.1, 0.15) is 5.56 Å². The van der Waals surface area contributed by atoms with Crippen molar-refractivity contribution in [3.8, 4) is 0 Å². The van der Waals surface area contributed by atoms with Gasteiger partial charge >= 0.3 is 0 Å². The maximum Gasteiger partial charge on any atom is 0.237 e. The van der Waals surface area contributed by atoms with E-state index in [9.17, 15) is 4.79 Å². The maximum atomic E-state index is 10.8. The molecule has 0 saturated heterocycles. The summed E-state index contributed by atoms with van der Waals surface area (Å²) < 4.78 is 1.87. The van der Waals surface area contributed by atoms with Crippen LogP contribution in [0.3, 0.4) is 0 Å². The van der Waals surface area contributed by atoms with Crippen molar-refractivity contribution in [1.82, 2.24) is 4.57 Å². The number of aryl methyl sites for hydroxylation is 1. The molecule has 0 bridgehead atoms. The maximum absolute atomic E-state index is 10.8. The van der Waals surface area contributed by atoms with Crippen molar-refractivity contribution in [3.63, 3.8) is 0 Å². The van der Waals surface area contributed by atoms with Gasteiger partial charge in [-0.15, -0.1) is 0 Å². The standard InChI is InChI=1S/C11H12N2O/c1-8-3-2-4-10-9(8)5-6-13(10)7-11(12)14/h2-6H,7H2,1H3,(H2,12,14). The second-order valence-corrected chi connectivity index (χ2v) is 3.42. The molecule has 1 heterocycles. The molecule has 0 spiro atoms. The minimum Gasteiger partial charge on any atom is -0.368 e. The van der Waals surface area contributed by atoms with Crippen molar-refractivity contribution in [1.29, 1.82) is 0 Å². The number of hydrogen-bond acceptors (Lipinski definition) is 1. The second-order valence-electron chi connectivity index (χ2n) is 3.42. The van der Waals surface area contributed by atoms with Crippen LogP contribution in [0.5, 0.6) is 0 Å². The fraction of sp³-hybridized carbons (Fsp3) is 0.182. The van der Waals surface area contributed by atoms with E-state index in [2.05, 4.69) is 13.0 Å². The van der Waals surface area contributed by atoms with Crippen LogP contribution in [0.2, 0.25) is 0 Å². The molecule has 0 aliphatic rings. The summed E-state index contributed by atoms with van der Waals surface area (Å²) in [6, 6.07) is 8.03. The average Bonchev–Trinajstić information content (AvgIpc) is 2.49. The van der Waals surface area contributed by atoms with Crippen LogP contribution in [0, 0.1) is 6.92 Å².